The van der Waals surface area contributed by atoms with Crippen molar-refractivity contribution in [2.45, 2.75) is 13.8 Å². The van der Waals surface area contributed by atoms with Gasteiger partial charge in [-0.05, 0) is 6.92 Å². The fourth-order valence-corrected chi connectivity index (χ4v) is 0.645. The van der Waals surface area contributed by atoms with Crippen LogP contribution in [0.4, 0.5) is 0 Å². The number of allylic oxidation sites excluding steroid dienone is 3. The molecule has 0 aromatic carbocycles. The first-order valence-corrected chi connectivity index (χ1v) is 2.61. The van der Waals surface area contributed by atoms with Crippen LogP contribution >= 0.6 is 0 Å². The van der Waals surface area contributed by atoms with Gasteiger partial charge in [-0.25, -0.2) is 0 Å². The molecule has 1 N–H and O–H groups in total. The van der Waals surface area contributed by atoms with Crippen LogP contribution < -0.4 is 5.06 Å². The van der Waals surface area contributed by atoms with Crippen LogP contribution in [0.1, 0.15) is 13.8 Å². The first-order chi connectivity index (χ1) is 3.72. The van der Waals surface area contributed by atoms with E-state index in [4.69, 9.17) is 0 Å². The van der Waals surface area contributed by atoms with E-state index in [0.717, 1.165) is 11.3 Å². The zero-order valence-electron chi connectivity index (χ0n) is 5.06. The topological polar surface area (TPSA) is 27.5 Å². The number of quaternary nitrogens is 1. The lowest BCUT2D eigenvalue weighted by atomic mass is 10.3. The zero-order chi connectivity index (χ0) is 6.15. The predicted molar refractivity (Wildman–Crippen MR) is 31.8 cm³/mol. The molecule has 1 atom stereocenters. The van der Waals surface area contributed by atoms with Gasteiger partial charge in [0.05, 0.1) is 6.20 Å². The average Bonchev–Trinajstić information content (AvgIpc) is 1.98. The van der Waals surface area contributed by atoms with E-state index in [-0.39, 0.29) is 5.06 Å². The Bertz CT molecular complexity index is 158. The molecule has 1 rings (SSSR count). The van der Waals surface area contributed by atoms with Crippen LogP contribution in [0, 0.1) is 5.21 Å². The molecule has 0 aromatic heterocycles. The SMILES string of the molecule is CC1=C(C)[NH+]([O-])C=C1. The van der Waals surface area contributed by atoms with E-state index in [9.17, 15) is 5.21 Å². The molecule has 0 saturated carbocycles. The van der Waals surface area contributed by atoms with Crippen molar-refractivity contribution in [1.82, 2.24) is 0 Å². The maximum atomic E-state index is 10.6. The fourth-order valence-electron chi connectivity index (χ4n) is 0.645. The number of hydroxylamine groups is 2. The van der Waals surface area contributed by atoms with Crippen molar-refractivity contribution in [3.05, 3.63) is 28.8 Å². The molecular formula is C6H9NO. The van der Waals surface area contributed by atoms with Gasteiger partial charge in [0.1, 0.15) is 5.70 Å². The Labute approximate surface area is 48.7 Å². The maximum absolute atomic E-state index is 10.6. The summed E-state index contributed by atoms with van der Waals surface area (Å²) in [5.74, 6) is 0. The quantitative estimate of drug-likeness (QED) is 0.444. The summed E-state index contributed by atoms with van der Waals surface area (Å²) in [6.45, 7) is 3.79. The van der Waals surface area contributed by atoms with Crippen molar-refractivity contribution in [3.63, 3.8) is 0 Å². The molecule has 2 heteroatoms. The van der Waals surface area contributed by atoms with Crippen LogP contribution in [0.5, 0.6) is 0 Å². The van der Waals surface area contributed by atoms with Crippen LogP contribution in [0.2, 0.25) is 0 Å². The summed E-state index contributed by atoms with van der Waals surface area (Å²) in [6, 6.07) is 0. The summed E-state index contributed by atoms with van der Waals surface area (Å²) in [5.41, 5.74) is 1.97. The molecule has 0 aliphatic carbocycles. The smallest absolute Gasteiger partial charge is 0.112 e. The summed E-state index contributed by atoms with van der Waals surface area (Å²) in [4.78, 5) is 0. The second kappa shape index (κ2) is 1.73. The van der Waals surface area contributed by atoms with Gasteiger partial charge in [0, 0.05) is 18.6 Å². The van der Waals surface area contributed by atoms with Crippen molar-refractivity contribution in [3.8, 4) is 0 Å². The van der Waals surface area contributed by atoms with Crippen molar-refractivity contribution in [1.29, 1.82) is 0 Å². The molecule has 0 aromatic rings. The van der Waals surface area contributed by atoms with Crippen LogP contribution in [0.3, 0.4) is 0 Å². The van der Waals surface area contributed by atoms with Gasteiger partial charge < -0.3 is 10.3 Å². The molecule has 1 aliphatic heterocycles. The van der Waals surface area contributed by atoms with Gasteiger partial charge in [-0.15, -0.1) is 0 Å². The summed E-state index contributed by atoms with van der Waals surface area (Å²) in [5, 5.41) is 10.8. The summed E-state index contributed by atoms with van der Waals surface area (Å²) >= 11 is 0. The lowest BCUT2D eigenvalue weighted by Gasteiger charge is -2.12. The second-order valence-electron chi connectivity index (χ2n) is 2.01. The van der Waals surface area contributed by atoms with Crippen LogP contribution in [0.25, 0.3) is 0 Å². The van der Waals surface area contributed by atoms with Gasteiger partial charge in [-0.1, -0.05) is 0 Å². The first kappa shape index (κ1) is 5.54. The largest absolute Gasteiger partial charge is 0.624 e. The highest BCUT2D eigenvalue weighted by molar-refractivity contribution is 5.20. The third-order valence-electron chi connectivity index (χ3n) is 1.45. The van der Waals surface area contributed by atoms with Crippen LogP contribution in [0.15, 0.2) is 23.5 Å². The Kier molecular flexibility index (Phi) is 1.19. The van der Waals surface area contributed by atoms with E-state index < -0.39 is 0 Å². The highest BCUT2D eigenvalue weighted by Crippen LogP contribution is 2.01. The molecule has 0 saturated heterocycles. The fraction of sp³-hybridized carbons (Fsp3) is 0.333. The molecule has 44 valence electrons. The van der Waals surface area contributed by atoms with E-state index >= 15 is 0 Å². The summed E-state index contributed by atoms with van der Waals surface area (Å²) < 4.78 is 0. The van der Waals surface area contributed by atoms with Crippen molar-refractivity contribution < 1.29 is 5.06 Å². The lowest BCUT2D eigenvalue weighted by molar-refractivity contribution is -0.743. The highest BCUT2D eigenvalue weighted by Gasteiger charge is 2.06. The molecular weight excluding hydrogens is 102 g/mol. The van der Waals surface area contributed by atoms with Gasteiger partial charge in [-0.2, -0.15) is 0 Å². The van der Waals surface area contributed by atoms with Crippen molar-refractivity contribution >= 4 is 0 Å². The number of hydrogen-bond acceptors (Lipinski definition) is 1. The molecule has 0 spiro atoms. The average molecular weight is 111 g/mol. The Morgan fingerprint density at radius 3 is 2.25 bits per heavy atom. The number of nitrogens with one attached hydrogen (secondary N) is 1. The summed E-state index contributed by atoms with van der Waals surface area (Å²) in [6.07, 6.45) is 3.45. The van der Waals surface area contributed by atoms with Crippen molar-refractivity contribution in [2.75, 3.05) is 0 Å². The molecule has 1 unspecified atom stereocenters. The molecule has 0 radical (unpaired) electrons. The molecule has 1 aliphatic rings. The van der Waals surface area contributed by atoms with Crippen LogP contribution in [-0.4, -0.2) is 0 Å². The summed E-state index contributed by atoms with van der Waals surface area (Å²) in [7, 11) is 0. The Balaban J connectivity index is 2.85. The van der Waals surface area contributed by atoms with E-state index in [1.165, 1.54) is 0 Å². The van der Waals surface area contributed by atoms with Gasteiger partial charge in [0.2, 0.25) is 0 Å². The molecule has 2 nitrogen and oxygen atoms in total. The Morgan fingerprint density at radius 1 is 1.50 bits per heavy atom. The zero-order valence-corrected chi connectivity index (χ0v) is 5.06. The standard InChI is InChI=1S/C6H9NO/c1-5-3-4-7(8)6(5)2/h3-4,7H,1-2H3. The molecule has 0 fully saturated rings. The lowest BCUT2D eigenvalue weighted by Crippen LogP contribution is -2.98. The minimum absolute atomic E-state index is 0.155. The van der Waals surface area contributed by atoms with Crippen LogP contribution in [-0.2, 0) is 0 Å². The van der Waals surface area contributed by atoms with E-state index in [2.05, 4.69) is 0 Å². The van der Waals surface area contributed by atoms with Crippen molar-refractivity contribution in [2.24, 2.45) is 0 Å². The van der Waals surface area contributed by atoms with E-state index in [1.54, 1.807) is 6.20 Å². The minimum atomic E-state index is 0.155. The molecule has 1 heterocycles. The van der Waals surface area contributed by atoms with Gasteiger partial charge in [0.15, 0.2) is 0 Å². The minimum Gasteiger partial charge on any atom is -0.624 e. The Hall–Kier alpha value is -0.600. The first-order valence-electron chi connectivity index (χ1n) is 2.61. The molecule has 0 bridgehead atoms. The van der Waals surface area contributed by atoms with Gasteiger partial charge >= 0.3 is 0 Å². The van der Waals surface area contributed by atoms with Gasteiger partial charge in [0.25, 0.3) is 0 Å². The van der Waals surface area contributed by atoms with Gasteiger partial charge in [-0.3, -0.25) is 0 Å². The Morgan fingerprint density at radius 2 is 2.12 bits per heavy atom. The highest BCUT2D eigenvalue weighted by atomic mass is 16.5. The van der Waals surface area contributed by atoms with E-state index in [0.29, 0.717) is 0 Å². The molecule has 0 amide bonds. The molecule has 8 heavy (non-hydrogen) atoms. The van der Waals surface area contributed by atoms with E-state index in [1.807, 2.05) is 19.9 Å². The number of hydrogen-bond donors (Lipinski definition) is 1. The number of rotatable bonds is 0. The second-order valence-corrected chi connectivity index (χ2v) is 2.01. The monoisotopic (exact) mass is 111 g/mol. The predicted octanol–water partition coefficient (Wildman–Crippen LogP) is 0.190. The normalized spacial score (nSPS) is 27.6. The maximum Gasteiger partial charge on any atom is 0.112 e. The third-order valence-corrected chi connectivity index (χ3v) is 1.45. The third kappa shape index (κ3) is 0.680.